The van der Waals surface area contributed by atoms with E-state index < -0.39 is 0 Å². The number of carbonyl (C=O) groups is 1. The van der Waals surface area contributed by atoms with Gasteiger partial charge in [-0.05, 0) is 49.9 Å². The molecule has 3 rings (SSSR count). The molecular weight excluding hydrogens is 252 g/mol. The van der Waals surface area contributed by atoms with Gasteiger partial charge in [0, 0.05) is 11.1 Å². The number of rotatable bonds is 2. The first kappa shape index (κ1) is 12.7. The van der Waals surface area contributed by atoms with Gasteiger partial charge in [-0.15, -0.1) is 0 Å². The normalized spacial score (nSPS) is 13.6. The Hall–Kier alpha value is -2.29. The maximum atomic E-state index is 12.1. The van der Waals surface area contributed by atoms with Gasteiger partial charge in [0.15, 0.2) is 0 Å². The van der Waals surface area contributed by atoms with Crippen molar-refractivity contribution in [3.05, 3.63) is 59.2 Å². The number of benzene rings is 2. The molecule has 0 aliphatic heterocycles. The molecule has 0 amide bonds. The van der Waals surface area contributed by atoms with Crippen molar-refractivity contribution in [1.82, 2.24) is 0 Å². The summed E-state index contributed by atoms with van der Waals surface area (Å²) in [4.78, 5) is 12.1. The Kier molecular flexibility index (Phi) is 3.42. The highest BCUT2D eigenvalue weighted by Gasteiger charge is 2.19. The Morgan fingerprint density at radius 2 is 1.65 bits per heavy atom. The highest BCUT2D eigenvalue weighted by Crippen LogP contribution is 2.35. The Morgan fingerprint density at radius 3 is 2.40 bits per heavy atom. The van der Waals surface area contributed by atoms with E-state index in [-0.39, 0.29) is 5.97 Å². The van der Waals surface area contributed by atoms with Gasteiger partial charge in [0.2, 0.25) is 0 Å². The van der Waals surface area contributed by atoms with Gasteiger partial charge >= 0.3 is 5.97 Å². The van der Waals surface area contributed by atoms with Crippen LogP contribution in [0.5, 0.6) is 11.5 Å². The zero-order valence-corrected chi connectivity index (χ0v) is 11.1. The predicted octanol–water partition coefficient (Wildman–Crippen LogP) is 3.49. The molecule has 0 radical (unpaired) electrons. The molecule has 0 atom stereocenters. The zero-order valence-electron chi connectivity index (χ0n) is 11.1. The smallest absolute Gasteiger partial charge is 0.343 e. The first-order chi connectivity index (χ1) is 9.75. The van der Waals surface area contributed by atoms with Crippen molar-refractivity contribution in [1.29, 1.82) is 0 Å². The lowest BCUT2D eigenvalue weighted by Gasteiger charge is -2.19. The summed E-state index contributed by atoms with van der Waals surface area (Å²) in [6.45, 7) is 0. The van der Waals surface area contributed by atoms with Crippen LogP contribution in [0.15, 0.2) is 42.5 Å². The van der Waals surface area contributed by atoms with Crippen molar-refractivity contribution in [3.63, 3.8) is 0 Å². The summed E-state index contributed by atoms with van der Waals surface area (Å²) in [6.07, 6.45) is 3.82. The molecule has 1 N–H and O–H groups in total. The Bertz CT molecular complexity index is 632. The number of esters is 1. The Morgan fingerprint density at radius 1 is 0.950 bits per heavy atom. The van der Waals surface area contributed by atoms with E-state index in [9.17, 15) is 9.90 Å². The van der Waals surface area contributed by atoms with E-state index in [1.807, 2.05) is 18.2 Å². The van der Waals surface area contributed by atoms with Crippen molar-refractivity contribution >= 4 is 5.97 Å². The minimum Gasteiger partial charge on any atom is -0.508 e. The lowest BCUT2D eigenvalue weighted by Crippen LogP contribution is -2.12. The molecule has 20 heavy (non-hydrogen) atoms. The summed E-state index contributed by atoms with van der Waals surface area (Å²) in [5, 5.41) is 9.89. The number of phenolic OH excluding ortho intramolecular Hbond substituents is 1. The van der Waals surface area contributed by atoms with Crippen molar-refractivity contribution in [3.8, 4) is 11.5 Å². The molecule has 0 saturated heterocycles. The molecule has 102 valence electrons. The lowest BCUT2D eigenvalue weighted by atomic mass is 9.90. The van der Waals surface area contributed by atoms with Crippen LogP contribution in [-0.2, 0) is 12.8 Å². The number of hydrogen-bond donors (Lipinski definition) is 1. The van der Waals surface area contributed by atoms with Crippen molar-refractivity contribution < 1.29 is 14.6 Å². The van der Waals surface area contributed by atoms with Gasteiger partial charge in [-0.25, -0.2) is 4.79 Å². The lowest BCUT2D eigenvalue weighted by molar-refractivity contribution is 0.0732. The summed E-state index contributed by atoms with van der Waals surface area (Å²) in [5.74, 6) is 0.523. The van der Waals surface area contributed by atoms with Gasteiger partial charge in [-0.1, -0.05) is 18.2 Å². The van der Waals surface area contributed by atoms with Gasteiger partial charge < -0.3 is 9.84 Å². The quantitative estimate of drug-likeness (QED) is 0.670. The van der Waals surface area contributed by atoms with E-state index in [4.69, 9.17) is 4.74 Å². The van der Waals surface area contributed by atoms with Crippen LogP contribution in [0.2, 0.25) is 0 Å². The third-order valence-electron chi connectivity index (χ3n) is 3.68. The van der Waals surface area contributed by atoms with Crippen molar-refractivity contribution in [2.75, 3.05) is 0 Å². The topological polar surface area (TPSA) is 46.5 Å². The molecule has 0 unspecified atom stereocenters. The zero-order chi connectivity index (χ0) is 13.9. The third-order valence-corrected chi connectivity index (χ3v) is 3.68. The van der Waals surface area contributed by atoms with Crippen molar-refractivity contribution in [2.24, 2.45) is 0 Å². The van der Waals surface area contributed by atoms with Gasteiger partial charge in [0.05, 0.1) is 5.56 Å². The molecule has 1 aliphatic rings. The molecular formula is C17H16O3. The second-order valence-electron chi connectivity index (χ2n) is 5.00. The first-order valence-electron chi connectivity index (χ1n) is 6.86. The fraction of sp³-hybridized carbons (Fsp3) is 0.235. The van der Waals surface area contributed by atoms with E-state index in [0.717, 1.165) is 36.8 Å². The summed E-state index contributed by atoms with van der Waals surface area (Å²) in [6, 6.07) is 12.2. The molecule has 2 aromatic carbocycles. The number of phenols is 1. The molecule has 1 aliphatic carbocycles. The number of fused-ring (bicyclic) bond motifs is 1. The second kappa shape index (κ2) is 5.37. The van der Waals surface area contributed by atoms with Crippen LogP contribution in [-0.4, -0.2) is 11.1 Å². The molecule has 0 fully saturated rings. The average Bonchev–Trinajstić information content (AvgIpc) is 2.51. The number of carbonyl (C=O) groups excluding carboxylic acids is 1. The van der Waals surface area contributed by atoms with E-state index in [1.54, 1.807) is 24.3 Å². The standard InChI is InChI=1S/C17H16O3/c18-15-10-11-16(14-9-5-4-8-13(14)15)20-17(19)12-6-2-1-3-7-12/h1-3,6-7,10-11,18H,4-5,8-9H2. The molecule has 2 aromatic rings. The molecule has 0 bridgehead atoms. The van der Waals surface area contributed by atoms with Gasteiger partial charge in [-0.3, -0.25) is 0 Å². The van der Waals surface area contributed by atoms with Crippen LogP contribution in [0, 0.1) is 0 Å². The highest BCUT2D eigenvalue weighted by molar-refractivity contribution is 5.91. The molecule has 0 spiro atoms. The van der Waals surface area contributed by atoms with Crippen LogP contribution < -0.4 is 4.74 Å². The van der Waals surface area contributed by atoms with Crippen LogP contribution in [0.3, 0.4) is 0 Å². The fourth-order valence-electron chi connectivity index (χ4n) is 2.64. The van der Waals surface area contributed by atoms with E-state index in [1.165, 1.54) is 0 Å². The highest BCUT2D eigenvalue weighted by atomic mass is 16.5. The molecule has 3 nitrogen and oxygen atoms in total. The monoisotopic (exact) mass is 268 g/mol. The maximum absolute atomic E-state index is 12.1. The minimum atomic E-state index is -0.357. The van der Waals surface area contributed by atoms with Crippen LogP contribution >= 0.6 is 0 Å². The van der Waals surface area contributed by atoms with Gasteiger partial charge in [0.25, 0.3) is 0 Å². The number of ether oxygens (including phenoxy) is 1. The summed E-state index contributed by atoms with van der Waals surface area (Å²) in [5.41, 5.74) is 2.43. The number of hydrogen-bond acceptors (Lipinski definition) is 3. The molecule has 0 aromatic heterocycles. The van der Waals surface area contributed by atoms with E-state index >= 15 is 0 Å². The summed E-state index contributed by atoms with van der Waals surface area (Å²) >= 11 is 0. The van der Waals surface area contributed by atoms with Crippen LogP contribution in [0.4, 0.5) is 0 Å². The average molecular weight is 268 g/mol. The molecule has 0 saturated carbocycles. The largest absolute Gasteiger partial charge is 0.508 e. The molecule has 0 heterocycles. The van der Waals surface area contributed by atoms with Crippen molar-refractivity contribution in [2.45, 2.75) is 25.7 Å². The predicted molar refractivity (Wildman–Crippen MR) is 76.1 cm³/mol. The Balaban J connectivity index is 1.90. The number of aromatic hydroxyl groups is 1. The Labute approximate surface area is 117 Å². The SMILES string of the molecule is O=C(Oc1ccc(O)c2c1CCCC2)c1ccccc1. The maximum Gasteiger partial charge on any atom is 0.343 e. The second-order valence-corrected chi connectivity index (χ2v) is 5.00. The van der Waals surface area contributed by atoms with Gasteiger partial charge in [-0.2, -0.15) is 0 Å². The summed E-state index contributed by atoms with van der Waals surface area (Å²) in [7, 11) is 0. The third kappa shape index (κ3) is 2.39. The van der Waals surface area contributed by atoms with E-state index in [0.29, 0.717) is 17.1 Å². The van der Waals surface area contributed by atoms with Crippen LogP contribution in [0.1, 0.15) is 34.3 Å². The fourth-order valence-corrected chi connectivity index (χ4v) is 2.64. The molecule has 3 heteroatoms. The summed E-state index contributed by atoms with van der Waals surface area (Å²) < 4.78 is 5.50. The first-order valence-corrected chi connectivity index (χ1v) is 6.86. The van der Waals surface area contributed by atoms with E-state index in [2.05, 4.69) is 0 Å². The minimum absolute atomic E-state index is 0.305. The van der Waals surface area contributed by atoms with Crippen LogP contribution in [0.25, 0.3) is 0 Å². The van der Waals surface area contributed by atoms with Gasteiger partial charge in [0.1, 0.15) is 11.5 Å².